The van der Waals surface area contributed by atoms with Crippen molar-refractivity contribution in [3.8, 4) is 0 Å². The van der Waals surface area contributed by atoms with E-state index in [1.165, 1.54) is 72.8 Å². The van der Waals surface area contributed by atoms with Gasteiger partial charge in [0.25, 0.3) is 17.7 Å². The lowest BCUT2D eigenvalue weighted by Gasteiger charge is -2.34. The second kappa shape index (κ2) is 30.9. The van der Waals surface area contributed by atoms with Crippen molar-refractivity contribution >= 4 is 65.5 Å². The first-order valence-electron chi connectivity index (χ1n) is 23.0. The minimum absolute atomic E-state index is 0.00298. The fraction of sp³-hybridized carbons (Fsp3) is 0.467. The van der Waals surface area contributed by atoms with Crippen LogP contribution in [-0.4, -0.2) is 152 Å². The number of carbonyl (C=O) groups is 6. The molecule has 0 atom stereocenters. The number of hydrogen-bond acceptors (Lipinski definition) is 16. The second-order valence-corrected chi connectivity index (χ2v) is 21.0. The van der Waals surface area contributed by atoms with Gasteiger partial charge in [-0.05, 0) is 98.6 Å². The zero-order chi connectivity index (χ0) is 53.9. The Morgan fingerprint density at radius 2 is 0.671 bits per heavy atom. The van der Waals surface area contributed by atoms with E-state index in [9.17, 15) is 54.0 Å². The number of benzene rings is 3. The van der Waals surface area contributed by atoms with E-state index in [-0.39, 0.29) is 147 Å². The third kappa shape index (κ3) is 24.1. The molecule has 13 N–H and O–H groups in total. The lowest BCUT2D eigenvalue weighted by molar-refractivity contribution is -0.122. The van der Waals surface area contributed by atoms with Crippen molar-refractivity contribution < 1.29 is 68.2 Å². The summed E-state index contributed by atoms with van der Waals surface area (Å²) in [4.78, 5) is 74.6. The number of carbonyl (C=O) groups excluding carboxylic acids is 6. The van der Waals surface area contributed by atoms with Crippen LogP contribution in [0.25, 0.3) is 0 Å². The highest BCUT2D eigenvalue weighted by molar-refractivity contribution is 7.89. The molecule has 6 amide bonds. The zero-order valence-corrected chi connectivity index (χ0v) is 42.9. The summed E-state index contributed by atoms with van der Waals surface area (Å²) in [6.07, 6.45) is 1.24. The molecule has 3 aromatic rings. The maximum absolute atomic E-state index is 12.6. The lowest BCUT2D eigenvalue weighted by atomic mass is 10.0. The van der Waals surface area contributed by atoms with E-state index < -0.39 is 53.3 Å². The quantitative estimate of drug-likeness (QED) is 0.0294. The number of rotatable bonds is 35. The number of primary sulfonamides is 3. The molecule has 0 unspecified atom stereocenters. The summed E-state index contributed by atoms with van der Waals surface area (Å²) in [5, 5.41) is 34.9. The first kappa shape index (κ1) is 61.4. The largest absolute Gasteiger partial charge is 0.379 e. The van der Waals surface area contributed by atoms with E-state index >= 15 is 0 Å². The van der Waals surface area contributed by atoms with Crippen LogP contribution in [0.5, 0.6) is 0 Å². The smallest absolute Gasteiger partial charge is 0.251 e. The number of nitrogens with two attached hydrogens (primary N) is 3. The first-order chi connectivity index (χ1) is 34.5. The Bertz CT molecular complexity index is 2340. The average Bonchev–Trinajstić information content (AvgIpc) is 3.34. The van der Waals surface area contributed by atoms with Gasteiger partial charge in [-0.15, -0.1) is 0 Å². The van der Waals surface area contributed by atoms with Gasteiger partial charge >= 0.3 is 0 Å². The van der Waals surface area contributed by atoms with E-state index in [1.54, 1.807) is 0 Å². The van der Waals surface area contributed by atoms with Crippen molar-refractivity contribution in [2.24, 2.45) is 15.4 Å². The van der Waals surface area contributed by atoms with Crippen molar-refractivity contribution in [3.05, 3.63) is 89.5 Å². The molecule has 0 fully saturated rings. The minimum Gasteiger partial charge on any atom is -0.379 e. The maximum atomic E-state index is 12.6. The van der Waals surface area contributed by atoms with Crippen molar-refractivity contribution in [3.63, 3.8) is 0 Å². The van der Waals surface area contributed by atoms with E-state index in [2.05, 4.69) is 37.2 Å². The molecule has 3 aromatic carbocycles. The Morgan fingerprint density at radius 1 is 0.425 bits per heavy atom. The van der Waals surface area contributed by atoms with Gasteiger partial charge in [-0.25, -0.2) is 40.7 Å². The highest BCUT2D eigenvalue weighted by Crippen LogP contribution is 2.13. The molecule has 0 saturated heterocycles. The van der Waals surface area contributed by atoms with Crippen LogP contribution >= 0.6 is 0 Å². The molecule has 0 radical (unpaired) electrons. The Morgan fingerprint density at radius 3 is 0.904 bits per heavy atom. The van der Waals surface area contributed by atoms with Gasteiger partial charge in [0.15, 0.2) is 0 Å². The van der Waals surface area contributed by atoms with Gasteiger partial charge in [-0.3, -0.25) is 28.8 Å². The summed E-state index contributed by atoms with van der Waals surface area (Å²) in [5.74, 6) is -2.19. The van der Waals surface area contributed by atoms with Gasteiger partial charge in [0.1, 0.15) is 0 Å². The Kier molecular flexibility index (Phi) is 26.0. The molecular weight excluding hydrogens is 1020 g/mol. The van der Waals surface area contributed by atoms with Gasteiger partial charge in [0, 0.05) is 75.2 Å². The van der Waals surface area contributed by atoms with Gasteiger partial charge in [0.2, 0.25) is 47.8 Å². The van der Waals surface area contributed by atoms with Gasteiger partial charge in [-0.1, -0.05) is 6.92 Å². The Balaban J connectivity index is 1.42. The Labute approximate surface area is 425 Å². The second-order valence-electron chi connectivity index (χ2n) is 16.3. The van der Waals surface area contributed by atoms with E-state index in [0.29, 0.717) is 25.8 Å². The third-order valence-electron chi connectivity index (χ3n) is 10.3. The molecule has 3 rings (SSSR count). The van der Waals surface area contributed by atoms with E-state index in [1.807, 2.05) is 6.92 Å². The number of nitrogens with one attached hydrogen (secondary N) is 7. The van der Waals surface area contributed by atoms with Crippen molar-refractivity contribution in [1.29, 1.82) is 0 Å². The minimum atomic E-state index is -3.89. The highest BCUT2D eigenvalue weighted by Gasteiger charge is 2.31. The van der Waals surface area contributed by atoms with Gasteiger partial charge in [-0.2, -0.15) is 0 Å². The summed E-state index contributed by atoms with van der Waals surface area (Å²) >= 11 is 0. The fourth-order valence-corrected chi connectivity index (χ4v) is 8.01. The third-order valence-corrected chi connectivity index (χ3v) is 13.1. The zero-order valence-electron chi connectivity index (χ0n) is 40.4. The molecule has 73 heavy (non-hydrogen) atoms. The standard InChI is InChI=1S/C45H66N10O15S3/c1-2-55-45(30-68-27-18-39(56)49-21-3-24-52-42(59)33-6-12-36(13-7-33)71(46,62)63,31-69-28-19-40(57)50-22-4-25-53-43(60)34-8-14-37(15-9-34)72(47,64)65)32-70-29-20-41(58)51-23-5-26-54-44(61)35-10-16-38(17-11-35)73(48,66)67/h6-17,55H,2-5,18-32H2,1H3,(H,49,56)(H,50,57)(H,51,58)(H,52,59)(H,53,60)(H,54,61)(H2,46,62,63)(H2,47,64,65)(H2,48,66,67). The van der Waals surface area contributed by atoms with Crippen LogP contribution in [0.1, 0.15) is 76.5 Å². The molecule has 25 nitrogen and oxygen atoms in total. The normalized spacial score (nSPS) is 11.8. The highest BCUT2D eigenvalue weighted by atomic mass is 32.2. The van der Waals surface area contributed by atoms with Crippen molar-refractivity contribution in [1.82, 2.24) is 37.2 Å². The molecular formula is C45H66N10O15S3. The van der Waals surface area contributed by atoms with Crippen molar-refractivity contribution in [2.45, 2.75) is 65.7 Å². The molecule has 0 aromatic heterocycles. The van der Waals surface area contributed by atoms with Crippen LogP contribution in [0, 0.1) is 0 Å². The molecule has 0 aliphatic carbocycles. The molecule has 404 valence electrons. The number of amides is 6. The summed E-state index contributed by atoms with van der Waals surface area (Å²) in [7, 11) is -11.7. The van der Waals surface area contributed by atoms with E-state index in [4.69, 9.17) is 29.6 Å². The molecule has 0 aliphatic heterocycles. The van der Waals surface area contributed by atoms with Gasteiger partial charge < -0.3 is 51.4 Å². The summed E-state index contributed by atoms with van der Waals surface area (Å²) in [5.41, 5.74) is -0.247. The topological polar surface area (TPSA) is 395 Å². The predicted octanol–water partition coefficient (Wildman–Crippen LogP) is -1.69. The number of sulfonamides is 3. The van der Waals surface area contributed by atoms with Crippen LogP contribution < -0.4 is 52.6 Å². The maximum Gasteiger partial charge on any atom is 0.251 e. The predicted molar refractivity (Wildman–Crippen MR) is 266 cm³/mol. The van der Waals surface area contributed by atoms with Crippen LogP contribution in [0.2, 0.25) is 0 Å². The van der Waals surface area contributed by atoms with Gasteiger partial charge in [0.05, 0.1) is 59.9 Å². The molecule has 28 heteroatoms. The fourth-order valence-electron chi connectivity index (χ4n) is 6.46. The molecule has 0 saturated carbocycles. The first-order valence-corrected chi connectivity index (χ1v) is 27.7. The Hall–Kier alpha value is -5.95. The van der Waals surface area contributed by atoms with Crippen LogP contribution in [0.3, 0.4) is 0 Å². The average molecular weight is 1080 g/mol. The molecule has 0 spiro atoms. The lowest BCUT2D eigenvalue weighted by Crippen LogP contribution is -2.56. The molecule has 0 aliphatic rings. The summed E-state index contributed by atoms with van der Waals surface area (Å²) in [6.45, 7) is 3.87. The number of hydrogen-bond donors (Lipinski definition) is 10. The monoisotopic (exact) mass is 1080 g/mol. The SMILES string of the molecule is CCNC(COCCC(=O)NCCCNC(=O)c1ccc(S(N)(=O)=O)cc1)(COCCC(=O)NCCCNC(=O)c1ccc(S(N)(=O)=O)cc1)COCCC(=O)NCCCNC(=O)c1ccc(S(N)(=O)=O)cc1. The van der Waals surface area contributed by atoms with Crippen LogP contribution in [0.4, 0.5) is 0 Å². The van der Waals surface area contributed by atoms with Crippen LogP contribution in [0.15, 0.2) is 87.5 Å². The summed E-state index contributed by atoms with van der Waals surface area (Å²) in [6, 6.07) is 15.4. The number of ether oxygens (including phenoxy) is 3. The molecule has 0 bridgehead atoms. The molecule has 0 heterocycles. The summed E-state index contributed by atoms with van der Waals surface area (Å²) < 4.78 is 86.5. The van der Waals surface area contributed by atoms with Crippen LogP contribution in [-0.2, 0) is 58.7 Å². The number of likely N-dealkylation sites (N-methyl/N-ethyl adjacent to an activating group) is 1. The van der Waals surface area contributed by atoms with Crippen molar-refractivity contribution in [2.75, 3.05) is 85.5 Å². The van der Waals surface area contributed by atoms with E-state index in [0.717, 1.165) is 0 Å².